The molecule has 1 atom stereocenters. The number of anilines is 1. The molecule has 2 heterocycles. The molecule has 1 fully saturated rings. The smallest absolute Gasteiger partial charge is 0.174 e. The highest BCUT2D eigenvalue weighted by atomic mass is 35.5. The normalized spacial score (nSPS) is 16.3. The summed E-state index contributed by atoms with van der Waals surface area (Å²) in [6.45, 7) is 4.78. The minimum atomic E-state index is -0.399. The average molecular weight is 467 g/mol. The first-order valence-electron chi connectivity index (χ1n) is 9.09. The van der Waals surface area contributed by atoms with Gasteiger partial charge in [0.25, 0.3) is 0 Å². The molecule has 0 aliphatic carbocycles. The van der Waals surface area contributed by atoms with Crippen molar-refractivity contribution in [1.82, 2.24) is 4.90 Å². The molecule has 1 aromatic heterocycles. The lowest BCUT2D eigenvalue weighted by Crippen LogP contribution is -2.33. The number of aliphatic hydroxyl groups is 1. The lowest BCUT2D eigenvalue weighted by molar-refractivity contribution is 0.207. The summed E-state index contributed by atoms with van der Waals surface area (Å²) in [4.78, 5) is 4.41. The number of halogens is 1. The van der Waals surface area contributed by atoms with Gasteiger partial charge in [-0.15, -0.1) is 23.1 Å². The number of nitrogens with zero attached hydrogens (tertiary/aromatic N) is 1. The van der Waals surface area contributed by atoms with Gasteiger partial charge in [0.1, 0.15) is 11.1 Å². The predicted molar refractivity (Wildman–Crippen MR) is 128 cm³/mol. The molecule has 0 bridgehead atoms. The first-order chi connectivity index (χ1) is 13.8. The zero-order valence-electron chi connectivity index (χ0n) is 16.5. The lowest BCUT2D eigenvalue weighted by atomic mass is 9.96. The molecule has 154 valence electrons. The van der Waals surface area contributed by atoms with E-state index in [1.165, 1.54) is 4.88 Å². The van der Waals surface area contributed by atoms with E-state index in [0.29, 0.717) is 15.9 Å². The molecule has 1 aromatic carbocycles. The number of thioether (sulfide) groups is 1. The molecular formula is C21H23ClN2O2S3. The van der Waals surface area contributed by atoms with E-state index in [2.05, 4.69) is 28.1 Å². The van der Waals surface area contributed by atoms with Crippen LogP contribution in [0.4, 0.5) is 5.69 Å². The summed E-state index contributed by atoms with van der Waals surface area (Å²) in [7, 11) is 1.59. The molecule has 0 spiro atoms. The molecule has 1 aliphatic heterocycles. The van der Waals surface area contributed by atoms with Gasteiger partial charge in [-0.3, -0.25) is 0 Å². The van der Waals surface area contributed by atoms with Crippen LogP contribution < -0.4 is 10.1 Å². The van der Waals surface area contributed by atoms with E-state index in [-0.39, 0.29) is 12.0 Å². The van der Waals surface area contributed by atoms with Gasteiger partial charge in [0.2, 0.25) is 0 Å². The molecule has 29 heavy (non-hydrogen) atoms. The number of hydrogen-bond donors (Lipinski definition) is 2. The summed E-state index contributed by atoms with van der Waals surface area (Å²) in [5.41, 5.74) is 0.434. The number of benzene rings is 1. The zero-order chi connectivity index (χ0) is 21.0. The number of ether oxygens (including phenoxy) is 1. The summed E-state index contributed by atoms with van der Waals surface area (Å²) in [5.74, 6) is 7.97. The summed E-state index contributed by atoms with van der Waals surface area (Å²) in [5, 5.41) is 14.0. The zero-order valence-corrected chi connectivity index (χ0v) is 19.7. The molecule has 0 amide bonds. The van der Waals surface area contributed by atoms with E-state index in [1.807, 2.05) is 49.9 Å². The number of hydrogen-bond acceptors (Lipinski definition) is 5. The highest BCUT2D eigenvalue weighted by Gasteiger charge is 2.30. The van der Waals surface area contributed by atoms with Crippen molar-refractivity contribution in [3.8, 4) is 17.6 Å². The number of methoxy groups -OCH3 is 1. The average Bonchev–Trinajstić information content (AvgIpc) is 3.36. The van der Waals surface area contributed by atoms with Crippen LogP contribution in [-0.4, -0.2) is 41.1 Å². The largest absolute Gasteiger partial charge is 0.495 e. The number of rotatable bonds is 4. The second-order valence-corrected chi connectivity index (χ2v) is 10.3. The minimum absolute atomic E-state index is 0.0415. The summed E-state index contributed by atoms with van der Waals surface area (Å²) in [6.07, 6.45) is 0. The van der Waals surface area contributed by atoms with Crippen LogP contribution in [0.5, 0.6) is 5.75 Å². The Balaban J connectivity index is 1.71. The fourth-order valence-electron chi connectivity index (χ4n) is 2.68. The quantitative estimate of drug-likeness (QED) is 0.475. The van der Waals surface area contributed by atoms with E-state index < -0.39 is 5.41 Å². The van der Waals surface area contributed by atoms with Crippen molar-refractivity contribution >= 4 is 57.7 Å². The topological polar surface area (TPSA) is 44.7 Å². The Labute approximate surface area is 190 Å². The Bertz CT molecular complexity index is 949. The molecule has 3 rings (SSSR count). The molecular weight excluding hydrogens is 444 g/mol. The van der Waals surface area contributed by atoms with Crippen LogP contribution >= 0.6 is 46.9 Å². The van der Waals surface area contributed by atoms with Crippen LogP contribution in [0.25, 0.3) is 0 Å². The third kappa shape index (κ3) is 5.59. The van der Waals surface area contributed by atoms with Gasteiger partial charge in [0, 0.05) is 28.3 Å². The summed E-state index contributed by atoms with van der Waals surface area (Å²) >= 11 is 15.4. The van der Waals surface area contributed by atoms with Crippen molar-refractivity contribution in [2.24, 2.45) is 5.41 Å². The van der Waals surface area contributed by atoms with Crippen LogP contribution in [0, 0.1) is 17.3 Å². The van der Waals surface area contributed by atoms with Gasteiger partial charge in [0.15, 0.2) is 5.11 Å². The van der Waals surface area contributed by atoms with Crippen LogP contribution in [0.3, 0.4) is 0 Å². The second-order valence-electron chi connectivity index (χ2n) is 7.19. The van der Waals surface area contributed by atoms with Gasteiger partial charge in [-0.25, -0.2) is 0 Å². The maximum absolute atomic E-state index is 9.37. The fraction of sp³-hybridized carbons (Fsp3) is 0.381. The monoisotopic (exact) mass is 466 g/mol. The fourth-order valence-corrected chi connectivity index (χ4v) is 5.68. The van der Waals surface area contributed by atoms with Crippen molar-refractivity contribution in [3.63, 3.8) is 0 Å². The highest BCUT2D eigenvalue weighted by molar-refractivity contribution is 7.99. The van der Waals surface area contributed by atoms with Gasteiger partial charge in [-0.1, -0.05) is 23.4 Å². The first kappa shape index (κ1) is 22.3. The van der Waals surface area contributed by atoms with Crippen molar-refractivity contribution in [2.45, 2.75) is 19.2 Å². The Morgan fingerprint density at radius 2 is 2.21 bits per heavy atom. The molecule has 0 radical (unpaired) electrons. The molecule has 2 aromatic rings. The Kier molecular flexibility index (Phi) is 7.36. The van der Waals surface area contributed by atoms with Crippen molar-refractivity contribution in [1.29, 1.82) is 0 Å². The number of nitrogens with one attached hydrogen (secondary N) is 1. The summed E-state index contributed by atoms with van der Waals surface area (Å²) in [6, 6.07) is 9.69. The maximum Gasteiger partial charge on any atom is 0.174 e. The van der Waals surface area contributed by atoms with Gasteiger partial charge < -0.3 is 20.1 Å². The lowest BCUT2D eigenvalue weighted by Gasteiger charge is -2.26. The summed E-state index contributed by atoms with van der Waals surface area (Å²) < 4.78 is 5.20. The van der Waals surface area contributed by atoms with Crippen molar-refractivity contribution in [2.75, 3.05) is 31.3 Å². The van der Waals surface area contributed by atoms with Crippen molar-refractivity contribution in [3.05, 3.63) is 45.1 Å². The molecule has 0 saturated carbocycles. The number of aliphatic hydroxyl groups excluding tert-OH is 1. The molecule has 2 N–H and O–H groups in total. The Morgan fingerprint density at radius 1 is 1.41 bits per heavy atom. The predicted octanol–water partition coefficient (Wildman–Crippen LogP) is 5.22. The second kappa shape index (κ2) is 9.59. The van der Waals surface area contributed by atoms with Gasteiger partial charge >= 0.3 is 0 Å². The maximum atomic E-state index is 9.37. The standard InChI is InChI=1S/C21H23ClN2O2S3/c1-21(2,13-25)9-8-15-5-7-18(29-15)19-24(10-11-28-19)20(27)23-14-4-6-17(26-3)16(22)12-14/h4-7,12,19,25H,10-11,13H2,1-3H3,(H,23,27)/t19-/m0/s1. The van der Waals surface area contributed by atoms with Gasteiger partial charge in [-0.05, 0) is 56.4 Å². The highest BCUT2D eigenvalue weighted by Crippen LogP contribution is 2.41. The Morgan fingerprint density at radius 3 is 2.90 bits per heavy atom. The Hall–Kier alpha value is -1.43. The van der Waals surface area contributed by atoms with E-state index >= 15 is 0 Å². The molecule has 1 saturated heterocycles. The van der Waals surface area contributed by atoms with Crippen LogP contribution in [0.15, 0.2) is 30.3 Å². The van der Waals surface area contributed by atoms with Crippen LogP contribution in [0.1, 0.15) is 29.0 Å². The van der Waals surface area contributed by atoms with Crippen molar-refractivity contribution < 1.29 is 9.84 Å². The molecule has 8 heteroatoms. The van der Waals surface area contributed by atoms with Crippen LogP contribution in [-0.2, 0) is 0 Å². The van der Waals surface area contributed by atoms with Gasteiger partial charge in [0.05, 0.1) is 23.6 Å². The number of thiocarbonyl (C=S) groups is 1. The first-order valence-corrected chi connectivity index (χ1v) is 11.7. The minimum Gasteiger partial charge on any atom is -0.495 e. The molecule has 1 aliphatic rings. The molecule has 0 unspecified atom stereocenters. The SMILES string of the molecule is COc1ccc(NC(=S)N2CCS[C@H]2c2ccc(C#CC(C)(C)CO)s2)cc1Cl. The number of thiophene rings is 1. The molecule has 4 nitrogen and oxygen atoms in total. The van der Waals surface area contributed by atoms with E-state index in [9.17, 15) is 5.11 Å². The van der Waals surface area contributed by atoms with Crippen LogP contribution in [0.2, 0.25) is 5.02 Å². The van der Waals surface area contributed by atoms with E-state index in [0.717, 1.165) is 22.9 Å². The third-order valence-electron chi connectivity index (χ3n) is 4.34. The van der Waals surface area contributed by atoms with E-state index in [4.69, 9.17) is 28.6 Å². The van der Waals surface area contributed by atoms with E-state index in [1.54, 1.807) is 18.4 Å². The third-order valence-corrected chi connectivity index (χ3v) is 7.42. The van der Waals surface area contributed by atoms with Gasteiger partial charge in [-0.2, -0.15) is 0 Å².